The molecule has 3 N–H and O–H groups in total. The molecule has 0 fully saturated rings. The first-order valence-corrected chi connectivity index (χ1v) is 5.26. The van der Waals surface area contributed by atoms with Crippen molar-refractivity contribution in [2.75, 3.05) is 5.32 Å². The lowest BCUT2D eigenvalue weighted by Crippen LogP contribution is -2.10. The minimum Gasteiger partial charge on any atom is -0.326 e. The van der Waals surface area contributed by atoms with E-state index in [1.165, 1.54) is 6.92 Å². The molecule has 1 atom stereocenters. The van der Waals surface area contributed by atoms with Gasteiger partial charge in [-0.25, -0.2) is 0 Å². The van der Waals surface area contributed by atoms with Gasteiger partial charge in [-0.1, -0.05) is 25.5 Å². The lowest BCUT2D eigenvalue weighted by atomic mass is 10.0. The molecule has 1 aromatic carbocycles. The molecule has 0 saturated heterocycles. The van der Waals surface area contributed by atoms with Gasteiger partial charge in [0.1, 0.15) is 0 Å². The summed E-state index contributed by atoms with van der Waals surface area (Å²) in [6, 6.07) is 7.79. The molecular weight excluding hydrogens is 188 g/mol. The summed E-state index contributed by atoms with van der Waals surface area (Å²) in [6.45, 7) is 3.61. The van der Waals surface area contributed by atoms with Gasteiger partial charge in [0.15, 0.2) is 0 Å². The molecule has 0 unspecified atom stereocenters. The standard InChI is InChI=1S/C12H18N2O/c1-3-4-12(13)10-5-7-11(8-6-10)14-9(2)15/h5-8,12H,3-4,13H2,1-2H3,(H,14,15)/t12-/m0/s1. The highest BCUT2D eigenvalue weighted by atomic mass is 16.1. The molecule has 0 aliphatic rings. The predicted octanol–water partition coefficient (Wildman–Crippen LogP) is 2.44. The number of benzene rings is 1. The second kappa shape index (κ2) is 5.51. The zero-order valence-electron chi connectivity index (χ0n) is 9.29. The third-order valence-corrected chi connectivity index (χ3v) is 2.26. The lowest BCUT2D eigenvalue weighted by Gasteiger charge is -2.11. The summed E-state index contributed by atoms with van der Waals surface area (Å²) in [4.78, 5) is 10.8. The number of carbonyl (C=O) groups excluding carboxylic acids is 1. The van der Waals surface area contributed by atoms with Crippen LogP contribution in [0.4, 0.5) is 5.69 Å². The van der Waals surface area contributed by atoms with Crippen LogP contribution in [0.2, 0.25) is 0 Å². The average molecular weight is 206 g/mol. The van der Waals surface area contributed by atoms with E-state index in [9.17, 15) is 4.79 Å². The van der Waals surface area contributed by atoms with Crippen LogP contribution in [0.15, 0.2) is 24.3 Å². The minimum absolute atomic E-state index is 0.0550. The van der Waals surface area contributed by atoms with Crippen molar-refractivity contribution < 1.29 is 4.79 Å². The summed E-state index contributed by atoms with van der Waals surface area (Å²) >= 11 is 0. The average Bonchev–Trinajstić information content (AvgIpc) is 2.18. The molecule has 0 saturated carbocycles. The summed E-state index contributed by atoms with van der Waals surface area (Å²) in [7, 11) is 0. The predicted molar refractivity (Wildman–Crippen MR) is 62.6 cm³/mol. The Labute approximate surface area is 90.7 Å². The summed E-state index contributed by atoms with van der Waals surface area (Å²) in [6.07, 6.45) is 2.06. The second-order valence-corrected chi connectivity index (χ2v) is 3.70. The number of carbonyl (C=O) groups is 1. The molecule has 0 aliphatic heterocycles. The van der Waals surface area contributed by atoms with E-state index in [0.29, 0.717) is 0 Å². The van der Waals surface area contributed by atoms with Crippen LogP contribution in [-0.2, 0) is 4.79 Å². The van der Waals surface area contributed by atoms with Gasteiger partial charge in [-0.3, -0.25) is 4.79 Å². The number of hydrogen-bond donors (Lipinski definition) is 2. The third kappa shape index (κ3) is 3.72. The van der Waals surface area contributed by atoms with Crippen molar-refractivity contribution in [1.29, 1.82) is 0 Å². The van der Waals surface area contributed by atoms with Gasteiger partial charge in [0.05, 0.1) is 0 Å². The van der Waals surface area contributed by atoms with Crippen LogP contribution in [0.5, 0.6) is 0 Å². The van der Waals surface area contributed by atoms with E-state index in [2.05, 4.69) is 12.2 Å². The lowest BCUT2D eigenvalue weighted by molar-refractivity contribution is -0.114. The van der Waals surface area contributed by atoms with Gasteiger partial charge in [0.2, 0.25) is 5.91 Å². The first kappa shape index (κ1) is 11.7. The fourth-order valence-electron chi connectivity index (χ4n) is 1.49. The van der Waals surface area contributed by atoms with Crippen LogP contribution in [0.25, 0.3) is 0 Å². The van der Waals surface area contributed by atoms with Crippen LogP contribution >= 0.6 is 0 Å². The molecule has 0 bridgehead atoms. The van der Waals surface area contributed by atoms with Gasteiger partial charge >= 0.3 is 0 Å². The van der Waals surface area contributed by atoms with E-state index in [1.54, 1.807) is 0 Å². The highest BCUT2D eigenvalue weighted by molar-refractivity contribution is 5.88. The maximum Gasteiger partial charge on any atom is 0.221 e. The molecule has 1 amide bonds. The van der Waals surface area contributed by atoms with Crippen molar-refractivity contribution in [2.24, 2.45) is 5.73 Å². The maximum absolute atomic E-state index is 10.8. The van der Waals surface area contributed by atoms with Gasteiger partial charge in [-0.2, -0.15) is 0 Å². The number of amides is 1. The zero-order valence-corrected chi connectivity index (χ0v) is 9.29. The molecule has 1 aromatic rings. The Morgan fingerprint density at radius 1 is 1.40 bits per heavy atom. The molecule has 0 aromatic heterocycles. The highest BCUT2D eigenvalue weighted by Gasteiger charge is 2.04. The topological polar surface area (TPSA) is 55.1 Å². The van der Waals surface area contributed by atoms with Crippen molar-refractivity contribution in [1.82, 2.24) is 0 Å². The Morgan fingerprint density at radius 2 is 2.00 bits per heavy atom. The number of rotatable bonds is 4. The van der Waals surface area contributed by atoms with E-state index in [0.717, 1.165) is 24.1 Å². The SMILES string of the molecule is CCC[C@H](N)c1ccc(NC(C)=O)cc1. The summed E-state index contributed by atoms with van der Waals surface area (Å²) in [5, 5.41) is 2.72. The van der Waals surface area contributed by atoms with Crippen LogP contribution < -0.4 is 11.1 Å². The molecule has 0 radical (unpaired) electrons. The third-order valence-electron chi connectivity index (χ3n) is 2.26. The van der Waals surface area contributed by atoms with Gasteiger partial charge < -0.3 is 11.1 Å². The smallest absolute Gasteiger partial charge is 0.221 e. The van der Waals surface area contributed by atoms with E-state index in [4.69, 9.17) is 5.73 Å². The monoisotopic (exact) mass is 206 g/mol. The Kier molecular flexibility index (Phi) is 4.31. The van der Waals surface area contributed by atoms with E-state index < -0.39 is 0 Å². The molecule has 1 rings (SSSR count). The molecule has 0 heterocycles. The minimum atomic E-state index is -0.0550. The molecule has 0 aliphatic carbocycles. The normalized spacial score (nSPS) is 12.2. The van der Waals surface area contributed by atoms with Gasteiger partial charge in [0.25, 0.3) is 0 Å². The van der Waals surface area contributed by atoms with Crippen molar-refractivity contribution >= 4 is 11.6 Å². The van der Waals surface area contributed by atoms with Crippen molar-refractivity contribution in [3.8, 4) is 0 Å². The fraction of sp³-hybridized carbons (Fsp3) is 0.417. The largest absolute Gasteiger partial charge is 0.326 e. The Morgan fingerprint density at radius 3 is 2.47 bits per heavy atom. The van der Waals surface area contributed by atoms with Gasteiger partial charge in [-0.15, -0.1) is 0 Å². The molecule has 82 valence electrons. The van der Waals surface area contributed by atoms with Crippen LogP contribution in [0, 0.1) is 0 Å². The van der Waals surface area contributed by atoms with Crippen molar-refractivity contribution in [2.45, 2.75) is 32.7 Å². The Balaban J connectivity index is 2.67. The number of nitrogens with one attached hydrogen (secondary N) is 1. The molecule has 3 heteroatoms. The van der Waals surface area contributed by atoms with Crippen LogP contribution in [0.1, 0.15) is 38.3 Å². The number of anilines is 1. The summed E-state index contributed by atoms with van der Waals surface area (Å²) < 4.78 is 0. The van der Waals surface area contributed by atoms with E-state index in [-0.39, 0.29) is 11.9 Å². The molecule has 0 spiro atoms. The maximum atomic E-state index is 10.8. The summed E-state index contributed by atoms with van der Waals surface area (Å²) in [5.74, 6) is -0.0550. The summed E-state index contributed by atoms with van der Waals surface area (Å²) in [5.41, 5.74) is 7.90. The fourth-order valence-corrected chi connectivity index (χ4v) is 1.49. The molecule has 15 heavy (non-hydrogen) atoms. The Hall–Kier alpha value is -1.35. The van der Waals surface area contributed by atoms with Gasteiger partial charge in [0, 0.05) is 18.7 Å². The van der Waals surface area contributed by atoms with Crippen LogP contribution in [-0.4, -0.2) is 5.91 Å². The Bertz CT molecular complexity index is 319. The molecule has 3 nitrogen and oxygen atoms in total. The van der Waals surface area contributed by atoms with E-state index >= 15 is 0 Å². The first-order chi connectivity index (χ1) is 7.13. The van der Waals surface area contributed by atoms with E-state index in [1.807, 2.05) is 24.3 Å². The quantitative estimate of drug-likeness (QED) is 0.795. The number of nitrogens with two attached hydrogens (primary N) is 1. The first-order valence-electron chi connectivity index (χ1n) is 5.26. The molecular formula is C12H18N2O. The highest BCUT2D eigenvalue weighted by Crippen LogP contribution is 2.18. The zero-order chi connectivity index (χ0) is 11.3. The second-order valence-electron chi connectivity index (χ2n) is 3.70. The van der Waals surface area contributed by atoms with Crippen molar-refractivity contribution in [3.05, 3.63) is 29.8 Å². The van der Waals surface area contributed by atoms with Crippen molar-refractivity contribution in [3.63, 3.8) is 0 Å². The van der Waals surface area contributed by atoms with Crippen LogP contribution in [0.3, 0.4) is 0 Å². The number of hydrogen-bond acceptors (Lipinski definition) is 2. The van der Waals surface area contributed by atoms with Gasteiger partial charge in [-0.05, 0) is 24.1 Å².